The Morgan fingerprint density at radius 3 is 2.83 bits per heavy atom. The summed E-state index contributed by atoms with van der Waals surface area (Å²) < 4.78 is 2.25. The van der Waals surface area contributed by atoms with Crippen molar-refractivity contribution in [2.75, 3.05) is 13.1 Å². The highest BCUT2D eigenvalue weighted by Crippen LogP contribution is 2.38. The fourth-order valence-electron chi connectivity index (χ4n) is 3.65. The number of thiophene rings is 1. The van der Waals surface area contributed by atoms with Crippen molar-refractivity contribution in [3.8, 4) is 0 Å². The molecule has 0 aromatic carbocycles. The number of hydrogen-bond acceptors (Lipinski definition) is 4. The minimum Gasteiger partial charge on any atom is -0.342 e. The van der Waals surface area contributed by atoms with Crippen LogP contribution in [0.5, 0.6) is 0 Å². The standard InChI is InChI=1S/C17H19N5OS/c23-17(14-9-12-5-8-24-16(12)19-14)21-6-3-11(4-7-21)15-20-18-10-22(15)13-1-2-13/h5,8-11,13,19H,1-4,6-7H2. The number of H-pyrrole nitrogens is 1. The molecule has 6 nitrogen and oxygen atoms in total. The number of aromatic nitrogens is 4. The molecule has 1 amide bonds. The van der Waals surface area contributed by atoms with Crippen molar-refractivity contribution in [2.24, 2.45) is 0 Å². The Morgan fingerprint density at radius 1 is 1.25 bits per heavy atom. The SMILES string of the molecule is O=C(c1cc2ccsc2[nH]1)N1CCC(c2nncn2C2CC2)CC1. The highest BCUT2D eigenvalue weighted by molar-refractivity contribution is 7.16. The average molecular weight is 341 g/mol. The van der Waals surface area contributed by atoms with Crippen molar-refractivity contribution in [3.63, 3.8) is 0 Å². The van der Waals surface area contributed by atoms with Crippen LogP contribution in [0.2, 0.25) is 0 Å². The molecule has 5 rings (SSSR count). The van der Waals surface area contributed by atoms with Gasteiger partial charge in [0.05, 0.1) is 0 Å². The third-order valence-electron chi connectivity index (χ3n) is 5.16. The zero-order chi connectivity index (χ0) is 16.1. The topological polar surface area (TPSA) is 66.8 Å². The molecule has 3 aromatic heterocycles. The summed E-state index contributed by atoms with van der Waals surface area (Å²) in [6.07, 6.45) is 6.28. The van der Waals surface area contributed by atoms with Crippen LogP contribution in [0, 0.1) is 0 Å². The molecule has 0 atom stereocenters. The number of rotatable bonds is 3. The minimum atomic E-state index is 0.112. The molecular formula is C17H19N5OS. The maximum atomic E-state index is 12.7. The monoisotopic (exact) mass is 341 g/mol. The number of nitrogens with one attached hydrogen (secondary N) is 1. The van der Waals surface area contributed by atoms with Gasteiger partial charge in [-0.05, 0) is 43.2 Å². The van der Waals surface area contributed by atoms with E-state index in [1.165, 1.54) is 12.8 Å². The van der Waals surface area contributed by atoms with Crippen molar-refractivity contribution in [1.82, 2.24) is 24.6 Å². The molecule has 2 fully saturated rings. The Bertz CT molecular complexity index is 853. The van der Waals surface area contributed by atoms with E-state index < -0.39 is 0 Å². The zero-order valence-electron chi connectivity index (χ0n) is 13.3. The highest BCUT2D eigenvalue weighted by atomic mass is 32.1. The summed E-state index contributed by atoms with van der Waals surface area (Å²) in [7, 11) is 0. The van der Waals surface area contributed by atoms with E-state index in [-0.39, 0.29) is 5.91 Å². The first-order valence-electron chi connectivity index (χ1n) is 8.54. The highest BCUT2D eigenvalue weighted by Gasteiger charge is 2.32. The van der Waals surface area contributed by atoms with E-state index in [0.717, 1.165) is 42.0 Å². The second-order valence-corrected chi connectivity index (χ2v) is 7.70. The van der Waals surface area contributed by atoms with Gasteiger partial charge < -0.3 is 14.5 Å². The van der Waals surface area contributed by atoms with Gasteiger partial charge in [0.1, 0.15) is 22.7 Å². The molecule has 0 spiro atoms. The number of piperidine rings is 1. The van der Waals surface area contributed by atoms with Crippen LogP contribution >= 0.6 is 11.3 Å². The molecule has 1 saturated carbocycles. The van der Waals surface area contributed by atoms with Gasteiger partial charge in [0, 0.05) is 30.4 Å². The van der Waals surface area contributed by atoms with E-state index in [1.54, 1.807) is 11.3 Å². The number of likely N-dealkylation sites (tertiary alicyclic amines) is 1. The minimum absolute atomic E-state index is 0.112. The summed E-state index contributed by atoms with van der Waals surface area (Å²) in [5.41, 5.74) is 0.705. The number of amides is 1. The largest absolute Gasteiger partial charge is 0.342 e. The first kappa shape index (κ1) is 14.2. The number of hydrogen-bond donors (Lipinski definition) is 1. The maximum absolute atomic E-state index is 12.7. The second-order valence-electron chi connectivity index (χ2n) is 6.78. The fraction of sp³-hybridized carbons (Fsp3) is 0.471. The van der Waals surface area contributed by atoms with Crippen LogP contribution in [-0.4, -0.2) is 43.6 Å². The maximum Gasteiger partial charge on any atom is 0.270 e. The molecule has 1 N–H and O–H groups in total. The Kier molecular flexibility index (Phi) is 3.22. The van der Waals surface area contributed by atoms with Crippen LogP contribution in [0.1, 0.15) is 54.0 Å². The van der Waals surface area contributed by atoms with Crippen LogP contribution in [0.15, 0.2) is 23.8 Å². The van der Waals surface area contributed by atoms with E-state index in [2.05, 4.69) is 19.7 Å². The lowest BCUT2D eigenvalue weighted by atomic mass is 9.95. The summed E-state index contributed by atoms with van der Waals surface area (Å²) >= 11 is 1.64. The van der Waals surface area contributed by atoms with Gasteiger partial charge in [-0.3, -0.25) is 4.79 Å². The lowest BCUT2D eigenvalue weighted by Crippen LogP contribution is -2.38. The predicted octanol–water partition coefficient (Wildman–Crippen LogP) is 3.18. The van der Waals surface area contributed by atoms with E-state index in [0.29, 0.717) is 17.7 Å². The van der Waals surface area contributed by atoms with Crippen molar-refractivity contribution in [1.29, 1.82) is 0 Å². The van der Waals surface area contributed by atoms with E-state index in [4.69, 9.17) is 0 Å². The number of carbonyl (C=O) groups is 1. The lowest BCUT2D eigenvalue weighted by molar-refractivity contribution is 0.0705. The Hall–Kier alpha value is -2.15. The number of carbonyl (C=O) groups excluding carboxylic acids is 1. The second kappa shape index (κ2) is 5.44. The summed E-state index contributed by atoms with van der Waals surface area (Å²) in [6, 6.07) is 4.62. The first-order valence-corrected chi connectivity index (χ1v) is 9.42. The molecule has 124 valence electrons. The zero-order valence-corrected chi connectivity index (χ0v) is 14.1. The van der Waals surface area contributed by atoms with Gasteiger partial charge in [-0.1, -0.05) is 0 Å². The Morgan fingerprint density at radius 2 is 2.08 bits per heavy atom. The summed E-state index contributed by atoms with van der Waals surface area (Å²) in [4.78, 5) is 19.0. The molecule has 7 heteroatoms. The third-order valence-corrected chi connectivity index (χ3v) is 6.01. The van der Waals surface area contributed by atoms with Gasteiger partial charge in [0.15, 0.2) is 0 Å². The third kappa shape index (κ3) is 2.34. The van der Waals surface area contributed by atoms with E-state index >= 15 is 0 Å². The van der Waals surface area contributed by atoms with Gasteiger partial charge in [-0.2, -0.15) is 0 Å². The molecule has 0 bridgehead atoms. The van der Waals surface area contributed by atoms with Crippen molar-refractivity contribution in [3.05, 3.63) is 35.4 Å². The van der Waals surface area contributed by atoms with E-state index in [1.807, 2.05) is 28.7 Å². The van der Waals surface area contributed by atoms with Gasteiger partial charge >= 0.3 is 0 Å². The molecule has 24 heavy (non-hydrogen) atoms. The van der Waals surface area contributed by atoms with Crippen LogP contribution in [0.4, 0.5) is 0 Å². The summed E-state index contributed by atoms with van der Waals surface area (Å²) in [5.74, 6) is 1.65. The molecule has 3 aromatic rings. The average Bonchev–Trinajstić information content (AvgIpc) is 3.00. The first-order chi connectivity index (χ1) is 11.8. The van der Waals surface area contributed by atoms with Gasteiger partial charge in [-0.25, -0.2) is 0 Å². The molecule has 2 aliphatic rings. The smallest absolute Gasteiger partial charge is 0.270 e. The Labute approximate surface area is 143 Å². The normalized spacial score (nSPS) is 19.2. The molecule has 4 heterocycles. The summed E-state index contributed by atoms with van der Waals surface area (Å²) in [5, 5.41) is 11.6. The molecule has 1 saturated heterocycles. The van der Waals surface area contributed by atoms with Crippen LogP contribution in [0.3, 0.4) is 0 Å². The van der Waals surface area contributed by atoms with Crippen molar-refractivity contribution >= 4 is 27.5 Å². The number of fused-ring (bicyclic) bond motifs is 1. The van der Waals surface area contributed by atoms with Crippen LogP contribution in [0.25, 0.3) is 10.2 Å². The van der Waals surface area contributed by atoms with Crippen LogP contribution < -0.4 is 0 Å². The summed E-state index contributed by atoms with van der Waals surface area (Å²) in [6.45, 7) is 1.57. The van der Waals surface area contributed by atoms with E-state index in [9.17, 15) is 4.79 Å². The fourth-order valence-corrected chi connectivity index (χ4v) is 4.44. The van der Waals surface area contributed by atoms with Gasteiger partial charge in [-0.15, -0.1) is 21.5 Å². The van der Waals surface area contributed by atoms with Crippen molar-refractivity contribution < 1.29 is 4.79 Å². The van der Waals surface area contributed by atoms with Gasteiger partial charge in [0.25, 0.3) is 5.91 Å². The van der Waals surface area contributed by atoms with Crippen LogP contribution in [-0.2, 0) is 0 Å². The lowest BCUT2D eigenvalue weighted by Gasteiger charge is -2.31. The predicted molar refractivity (Wildman–Crippen MR) is 92.3 cm³/mol. The van der Waals surface area contributed by atoms with Gasteiger partial charge in [0.2, 0.25) is 0 Å². The molecular weight excluding hydrogens is 322 g/mol. The number of aromatic amines is 1. The Balaban J connectivity index is 1.28. The quantitative estimate of drug-likeness (QED) is 0.796. The molecule has 0 unspecified atom stereocenters. The molecule has 1 aliphatic heterocycles. The number of nitrogens with zero attached hydrogens (tertiary/aromatic N) is 4. The molecule has 1 aliphatic carbocycles. The van der Waals surface area contributed by atoms with Crippen molar-refractivity contribution in [2.45, 2.75) is 37.6 Å². The molecule has 0 radical (unpaired) electrons.